The molecule has 4 N–H and O–H groups in total. The summed E-state index contributed by atoms with van der Waals surface area (Å²) < 4.78 is 12.2. The van der Waals surface area contributed by atoms with E-state index in [-0.39, 0.29) is 0 Å². The molecule has 0 saturated heterocycles. The van der Waals surface area contributed by atoms with Gasteiger partial charge in [-0.2, -0.15) is 0 Å². The number of anilines is 2. The van der Waals surface area contributed by atoms with Crippen LogP contribution in [0.2, 0.25) is 0 Å². The minimum atomic E-state index is 0.661. The average molecular weight is 401 g/mol. The van der Waals surface area contributed by atoms with E-state index in [1.165, 1.54) is 0 Å². The molecule has 0 spiro atoms. The van der Waals surface area contributed by atoms with E-state index in [1.54, 1.807) is 23.9 Å². The lowest BCUT2D eigenvalue weighted by Crippen LogP contribution is -1.91. The van der Waals surface area contributed by atoms with Crippen LogP contribution in [0.4, 0.5) is 11.4 Å². The van der Waals surface area contributed by atoms with Crippen molar-refractivity contribution in [2.24, 2.45) is 0 Å². The monoisotopic (exact) mass is 400 g/mol. The van der Waals surface area contributed by atoms with E-state index in [2.05, 4.69) is 0 Å². The van der Waals surface area contributed by atoms with Gasteiger partial charge in [0.15, 0.2) is 0 Å². The van der Waals surface area contributed by atoms with E-state index < -0.39 is 0 Å². The first kappa shape index (κ1) is 18.8. The lowest BCUT2D eigenvalue weighted by Gasteiger charge is -2.14. The Morgan fingerprint density at radius 1 is 0.517 bits per heavy atom. The number of hydrogen-bond acceptors (Lipinski definition) is 5. The molecule has 4 aromatic rings. The molecule has 0 fully saturated rings. The van der Waals surface area contributed by atoms with Crippen LogP contribution in [0.1, 0.15) is 0 Å². The Labute approximate surface area is 174 Å². The lowest BCUT2D eigenvalue weighted by atomic mass is 10.3. The summed E-state index contributed by atoms with van der Waals surface area (Å²) in [5.41, 5.74) is 13.1. The van der Waals surface area contributed by atoms with E-state index in [4.69, 9.17) is 20.9 Å². The maximum Gasteiger partial charge on any atom is 0.141 e. The minimum Gasteiger partial charge on any atom is -0.456 e. The number of nitrogens with two attached hydrogens (primary N) is 2. The van der Waals surface area contributed by atoms with E-state index >= 15 is 0 Å². The molecule has 4 rings (SSSR count). The highest BCUT2D eigenvalue weighted by Crippen LogP contribution is 2.42. The third-order valence-electron chi connectivity index (χ3n) is 4.09. The van der Waals surface area contributed by atoms with Crippen molar-refractivity contribution in [3.05, 3.63) is 97.1 Å². The summed E-state index contributed by atoms with van der Waals surface area (Å²) >= 11 is 1.58. The summed E-state index contributed by atoms with van der Waals surface area (Å²) in [7, 11) is 0. The van der Waals surface area contributed by atoms with Crippen LogP contribution >= 0.6 is 11.8 Å². The van der Waals surface area contributed by atoms with Crippen LogP contribution in [0, 0.1) is 0 Å². The topological polar surface area (TPSA) is 70.5 Å². The molecule has 4 aromatic carbocycles. The molecule has 0 aliphatic heterocycles. The first-order valence-electron chi connectivity index (χ1n) is 9.10. The Bertz CT molecular complexity index is 1040. The fraction of sp³-hybridized carbons (Fsp3) is 0. The Kier molecular flexibility index (Phi) is 5.59. The molecular weight excluding hydrogens is 380 g/mol. The number of hydrogen-bond donors (Lipinski definition) is 2. The van der Waals surface area contributed by atoms with Crippen molar-refractivity contribution in [3.8, 4) is 23.0 Å². The second-order valence-electron chi connectivity index (χ2n) is 6.34. The number of nitrogen functional groups attached to an aromatic ring is 2. The maximum atomic E-state index is 6.08. The quantitative estimate of drug-likeness (QED) is 0.357. The standard InChI is InChI=1S/C24H20N2O2S/c25-17-7-5-9-19(15-17)27-21-11-1-3-13-23(21)29-24-14-4-2-12-22(24)28-20-10-6-8-18(26)16-20/h1-16H,25-26H2. The number of benzene rings is 4. The van der Waals surface area contributed by atoms with Crippen molar-refractivity contribution in [2.75, 3.05) is 11.5 Å². The van der Waals surface area contributed by atoms with Gasteiger partial charge < -0.3 is 20.9 Å². The lowest BCUT2D eigenvalue weighted by molar-refractivity contribution is 0.469. The molecule has 29 heavy (non-hydrogen) atoms. The van der Waals surface area contributed by atoms with Crippen LogP contribution in [0.3, 0.4) is 0 Å². The largest absolute Gasteiger partial charge is 0.456 e. The highest BCUT2D eigenvalue weighted by Gasteiger charge is 2.11. The van der Waals surface area contributed by atoms with Gasteiger partial charge in [-0.1, -0.05) is 48.2 Å². The van der Waals surface area contributed by atoms with Gasteiger partial charge in [0.1, 0.15) is 23.0 Å². The van der Waals surface area contributed by atoms with Crippen LogP contribution in [0.25, 0.3) is 0 Å². The molecule has 0 atom stereocenters. The fourth-order valence-corrected chi connectivity index (χ4v) is 3.72. The van der Waals surface area contributed by atoms with Gasteiger partial charge in [0.05, 0.1) is 9.79 Å². The molecule has 0 amide bonds. The Morgan fingerprint density at radius 2 is 0.966 bits per heavy atom. The molecule has 4 nitrogen and oxygen atoms in total. The molecule has 0 aromatic heterocycles. The minimum absolute atomic E-state index is 0.661. The normalized spacial score (nSPS) is 10.5. The molecule has 0 unspecified atom stereocenters. The molecule has 0 aliphatic rings. The van der Waals surface area contributed by atoms with Crippen molar-refractivity contribution < 1.29 is 9.47 Å². The molecule has 0 aliphatic carbocycles. The maximum absolute atomic E-state index is 6.08. The summed E-state index contributed by atoms with van der Waals surface area (Å²) in [5.74, 6) is 2.90. The summed E-state index contributed by atoms with van der Waals surface area (Å²) in [6.45, 7) is 0. The first-order valence-corrected chi connectivity index (χ1v) is 9.92. The van der Waals surface area contributed by atoms with Gasteiger partial charge in [0, 0.05) is 23.5 Å². The molecule has 0 bridgehead atoms. The first-order chi connectivity index (χ1) is 14.2. The Hall–Kier alpha value is -3.57. The Balaban J connectivity index is 1.60. The Morgan fingerprint density at radius 3 is 1.41 bits per heavy atom. The molecule has 144 valence electrons. The predicted molar refractivity (Wildman–Crippen MR) is 119 cm³/mol. The van der Waals surface area contributed by atoms with Crippen LogP contribution in [0.5, 0.6) is 23.0 Å². The molecular formula is C24H20N2O2S. The smallest absolute Gasteiger partial charge is 0.141 e. The second kappa shape index (κ2) is 8.63. The second-order valence-corrected chi connectivity index (χ2v) is 7.43. The SMILES string of the molecule is Nc1cccc(Oc2ccccc2Sc2ccccc2Oc2cccc(N)c2)c1. The van der Waals surface area contributed by atoms with Gasteiger partial charge in [-0.25, -0.2) is 0 Å². The average Bonchev–Trinajstić information content (AvgIpc) is 2.71. The van der Waals surface area contributed by atoms with Gasteiger partial charge in [-0.05, 0) is 48.5 Å². The third kappa shape index (κ3) is 4.83. The van der Waals surface area contributed by atoms with Gasteiger partial charge in [0.2, 0.25) is 0 Å². The van der Waals surface area contributed by atoms with Crippen LogP contribution in [0.15, 0.2) is 107 Å². The van der Waals surface area contributed by atoms with E-state index in [1.807, 2.05) is 84.9 Å². The van der Waals surface area contributed by atoms with E-state index in [0.29, 0.717) is 22.9 Å². The van der Waals surface area contributed by atoms with Crippen LogP contribution in [-0.2, 0) is 0 Å². The molecule has 0 heterocycles. The third-order valence-corrected chi connectivity index (χ3v) is 5.20. The van der Waals surface area contributed by atoms with Crippen LogP contribution < -0.4 is 20.9 Å². The van der Waals surface area contributed by atoms with E-state index in [0.717, 1.165) is 21.3 Å². The number of rotatable bonds is 6. The van der Waals surface area contributed by atoms with Crippen molar-refractivity contribution in [2.45, 2.75) is 9.79 Å². The summed E-state index contributed by atoms with van der Waals surface area (Å²) in [6, 6.07) is 30.5. The zero-order valence-corrected chi connectivity index (χ0v) is 16.4. The highest BCUT2D eigenvalue weighted by atomic mass is 32.2. The number of para-hydroxylation sites is 2. The molecule has 5 heteroatoms. The van der Waals surface area contributed by atoms with Crippen molar-refractivity contribution in [1.29, 1.82) is 0 Å². The van der Waals surface area contributed by atoms with Crippen molar-refractivity contribution in [3.63, 3.8) is 0 Å². The highest BCUT2D eigenvalue weighted by molar-refractivity contribution is 7.99. The zero-order chi connectivity index (χ0) is 20.1. The summed E-state index contributed by atoms with van der Waals surface area (Å²) in [6.07, 6.45) is 0. The van der Waals surface area contributed by atoms with Crippen molar-refractivity contribution >= 4 is 23.1 Å². The van der Waals surface area contributed by atoms with Crippen LogP contribution in [-0.4, -0.2) is 0 Å². The van der Waals surface area contributed by atoms with Gasteiger partial charge >= 0.3 is 0 Å². The van der Waals surface area contributed by atoms with Crippen molar-refractivity contribution in [1.82, 2.24) is 0 Å². The van der Waals surface area contributed by atoms with Gasteiger partial charge in [0.25, 0.3) is 0 Å². The number of ether oxygens (including phenoxy) is 2. The van der Waals surface area contributed by atoms with Gasteiger partial charge in [-0.15, -0.1) is 0 Å². The van der Waals surface area contributed by atoms with E-state index in [9.17, 15) is 0 Å². The predicted octanol–water partition coefficient (Wildman–Crippen LogP) is 6.59. The summed E-state index contributed by atoms with van der Waals surface area (Å²) in [5, 5.41) is 0. The molecule has 0 radical (unpaired) electrons. The van der Waals surface area contributed by atoms with Gasteiger partial charge in [-0.3, -0.25) is 0 Å². The molecule has 0 saturated carbocycles. The summed E-state index contributed by atoms with van der Waals surface area (Å²) in [4.78, 5) is 1.94. The fourth-order valence-electron chi connectivity index (χ4n) is 2.77. The zero-order valence-electron chi connectivity index (χ0n) is 15.6.